The van der Waals surface area contributed by atoms with Gasteiger partial charge in [-0.2, -0.15) is 0 Å². The van der Waals surface area contributed by atoms with Crippen LogP contribution < -0.4 is 14.4 Å². The number of aromatic carboxylic acids is 1. The fourth-order valence-corrected chi connectivity index (χ4v) is 5.86. The Morgan fingerprint density at radius 1 is 1.00 bits per heavy atom. The minimum atomic E-state index is -1.07. The number of benzene rings is 2. The number of likely N-dealkylation sites (tertiary alicyclic amines) is 1. The van der Waals surface area contributed by atoms with Crippen molar-refractivity contribution in [2.75, 3.05) is 37.7 Å². The van der Waals surface area contributed by atoms with E-state index in [9.17, 15) is 9.59 Å². The molecule has 0 aliphatic carbocycles. The molecule has 0 atom stereocenters. The number of aryl methyl sites for hydroxylation is 1. The molecule has 1 amide bonds. The maximum atomic E-state index is 12.9. The standard InChI is InChI=1S/C32H37N3O5/c1-4-39-27-16-23(17-28(40-5-2)30(27)24-8-6-22(3)7-9-24)20-34-14-12-32(13-15-34)18-29(36)35(21-32)25-10-11-26(31(37)38)33-19-25/h6-11,16-17,19H,4-5,12-15,18,20-21H2,1-3H3,(H,37,38). The van der Waals surface area contributed by atoms with Gasteiger partial charge >= 0.3 is 5.97 Å². The molecular formula is C32H37N3O5. The molecule has 8 nitrogen and oxygen atoms in total. The number of nitrogens with zero attached hydrogens (tertiary/aromatic N) is 3. The summed E-state index contributed by atoms with van der Waals surface area (Å²) in [6, 6.07) is 15.8. The maximum Gasteiger partial charge on any atom is 0.354 e. The van der Waals surface area contributed by atoms with Crippen LogP contribution in [0.25, 0.3) is 11.1 Å². The lowest BCUT2D eigenvalue weighted by Crippen LogP contribution is -2.41. The second-order valence-electron chi connectivity index (χ2n) is 10.8. The number of carbonyl (C=O) groups excluding carboxylic acids is 1. The first kappa shape index (κ1) is 27.6. The van der Waals surface area contributed by atoms with E-state index < -0.39 is 5.97 Å². The van der Waals surface area contributed by atoms with Gasteiger partial charge in [0.25, 0.3) is 0 Å². The quantitative estimate of drug-likeness (QED) is 0.377. The van der Waals surface area contributed by atoms with Crippen molar-refractivity contribution in [2.24, 2.45) is 5.41 Å². The van der Waals surface area contributed by atoms with Crippen molar-refractivity contribution in [1.29, 1.82) is 0 Å². The lowest BCUT2D eigenvalue weighted by atomic mass is 9.77. The van der Waals surface area contributed by atoms with Crippen LogP contribution in [-0.4, -0.2) is 59.7 Å². The second-order valence-corrected chi connectivity index (χ2v) is 10.8. The van der Waals surface area contributed by atoms with E-state index in [1.165, 1.54) is 17.8 Å². The molecular weight excluding hydrogens is 506 g/mol. The highest BCUT2D eigenvalue weighted by atomic mass is 16.5. The first-order valence-corrected chi connectivity index (χ1v) is 14.0. The summed E-state index contributed by atoms with van der Waals surface area (Å²) in [5.41, 5.74) is 4.99. The summed E-state index contributed by atoms with van der Waals surface area (Å²) in [7, 11) is 0. The predicted molar refractivity (Wildman–Crippen MR) is 154 cm³/mol. The molecule has 2 saturated heterocycles. The monoisotopic (exact) mass is 543 g/mol. The van der Waals surface area contributed by atoms with Gasteiger partial charge in [-0.05, 0) is 87.5 Å². The van der Waals surface area contributed by atoms with E-state index >= 15 is 0 Å². The van der Waals surface area contributed by atoms with Crippen molar-refractivity contribution in [1.82, 2.24) is 9.88 Å². The molecule has 3 aromatic rings. The molecule has 2 aliphatic rings. The van der Waals surface area contributed by atoms with Crippen LogP contribution in [0.3, 0.4) is 0 Å². The van der Waals surface area contributed by atoms with E-state index in [4.69, 9.17) is 14.6 Å². The van der Waals surface area contributed by atoms with Crippen molar-refractivity contribution >= 4 is 17.6 Å². The summed E-state index contributed by atoms with van der Waals surface area (Å²) in [5, 5.41) is 9.12. The van der Waals surface area contributed by atoms with Crippen molar-refractivity contribution < 1.29 is 24.2 Å². The number of carboxylic acids is 1. The minimum Gasteiger partial charge on any atom is -0.493 e. The highest BCUT2D eigenvalue weighted by Gasteiger charge is 2.45. The van der Waals surface area contributed by atoms with E-state index in [1.54, 1.807) is 11.0 Å². The molecule has 210 valence electrons. The topological polar surface area (TPSA) is 92.2 Å². The van der Waals surface area contributed by atoms with Gasteiger partial charge in [0.2, 0.25) is 5.91 Å². The largest absolute Gasteiger partial charge is 0.493 e. The van der Waals surface area contributed by atoms with Gasteiger partial charge in [0.15, 0.2) is 0 Å². The smallest absolute Gasteiger partial charge is 0.354 e. The molecule has 40 heavy (non-hydrogen) atoms. The SMILES string of the molecule is CCOc1cc(CN2CCC3(CC2)CC(=O)N(c2ccc(C(=O)O)nc2)C3)cc(OCC)c1-c1ccc(C)cc1. The summed E-state index contributed by atoms with van der Waals surface area (Å²) in [6.45, 7) is 10.4. The fourth-order valence-electron chi connectivity index (χ4n) is 5.86. The predicted octanol–water partition coefficient (Wildman–Crippen LogP) is 5.57. The highest BCUT2D eigenvalue weighted by molar-refractivity contribution is 5.96. The van der Waals surface area contributed by atoms with Crippen LogP contribution in [0.5, 0.6) is 11.5 Å². The third kappa shape index (κ3) is 5.82. The van der Waals surface area contributed by atoms with Crippen LogP contribution in [-0.2, 0) is 11.3 Å². The Balaban J connectivity index is 1.29. The van der Waals surface area contributed by atoms with E-state index in [1.807, 2.05) is 13.8 Å². The number of pyridine rings is 1. The molecule has 0 saturated carbocycles. The molecule has 1 N–H and O–H groups in total. The Morgan fingerprint density at radius 3 is 2.20 bits per heavy atom. The Kier molecular flexibility index (Phi) is 8.07. The molecule has 1 aromatic heterocycles. The molecule has 2 aromatic carbocycles. The van der Waals surface area contributed by atoms with Crippen LogP contribution in [0, 0.1) is 12.3 Å². The van der Waals surface area contributed by atoms with Gasteiger partial charge in [0, 0.05) is 19.5 Å². The number of aromatic nitrogens is 1. The molecule has 3 heterocycles. The maximum absolute atomic E-state index is 12.9. The summed E-state index contributed by atoms with van der Waals surface area (Å²) < 4.78 is 12.2. The summed E-state index contributed by atoms with van der Waals surface area (Å²) in [4.78, 5) is 32.3. The molecule has 2 fully saturated rings. The average Bonchev–Trinajstić information content (AvgIpc) is 3.26. The van der Waals surface area contributed by atoms with Crippen LogP contribution in [0.2, 0.25) is 0 Å². The first-order valence-electron chi connectivity index (χ1n) is 14.0. The normalized spacial score (nSPS) is 16.9. The zero-order valence-corrected chi connectivity index (χ0v) is 23.5. The van der Waals surface area contributed by atoms with Gasteiger partial charge < -0.3 is 19.5 Å². The molecule has 0 unspecified atom stereocenters. The molecule has 8 heteroatoms. The highest BCUT2D eigenvalue weighted by Crippen LogP contribution is 2.44. The lowest BCUT2D eigenvalue weighted by molar-refractivity contribution is -0.118. The molecule has 0 radical (unpaired) electrons. The Morgan fingerprint density at radius 2 is 1.65 bits per heavy atom. The Bertz CT molecular complexity index is 1340. The average molecular weight is 544 g/mol. The number of anilines is 1. The van der Waals surface area contributed by atoms with Gasteiger partial charge in [-0.1, -0.05) is 29.8 Å². The van der Waals surface area contributed by atoms with E-state index in [0.29, 0.717) is 31.9 Å². The van der Waals surface area contributed by atoms with Crippen molar-refractivity contribution in [3.63, 3.8) is 0 Å². The summed E-state index contributed by atoms with van der Waals surface area (Å²) in [5.74, 6) is 0.670. The van der Waals surface area contributed by atoms with Gasteiger partial charge in [-0.15, -0.1) is 0 Å². The number of carboxylic acid groups (broad SMARTS) is 1. The zero-order valence-electron chi connectivity index (χ0n) is 23.5. The van der Waals surface area contributed by atoms with E-state index in [0.717, 1.165) is 60.7 Å². The van der Waals surface area contributed by atoms with Crippen molar-refractivity contribution in [3.05, 3.63) is 71.5 Å². The van der Waals surface area contributed by atoms with Crippen molar-refractivity contribution in [3.8, 4) is 22.6 Å². The second kappa shape index (κ2) is 11.7. The zero-order chi connectivity index (χ0) is 28.3. The van der Waals surface area contributed by atoms with E-state index in [-0.39, 0.29) is 17.0 Å². The summed E-state index contributed by atoms with van der Waals surface area (Å²) >= 11 is 0. The van der Waals surface area contributed by atoms with Crippen molar-refractivity contribution in [2.45, 2.75) is 46.6 Å². The van der Waals surface area contributed by atoms with Gasteiger partial charge in [0.05, 0.1) is 30.7 Å². The third-order valence-electron chi connectivity index (χ3n) is 7.99. The van der Waals surface area contributed by atoms with Gasteiger partial charge in [0.1, 0.15) is 17.2 Å². The molecule has 1 spiro atoms. The van der Waals surface area contributed by atoms with Crippen LogP contribution in [0.15, 0.2) is 54.7 Å². The van der Waals surface area contributed by atoms with Gasteiger partial charge in [-0.25, -0.2) is 9.78 Å². The molecule has 0 bridgehead atoms. The van der Waals surface area contributed by atoms with E-state index in [2.05, 4.69) is 53.2 Å². The fraction of sp³-hybridized carbons (Fsp3) is 0.406. The molecule has 2 aliphatic heterocycles. The third-order valence-corrected chi connectivity index (χ3v) is 7.99. The summed E-state index contributed by atoms with van der Waals surface area (Å²) in [6.07, 6.45) is 3.85. The number of ether oxygens (including phenoxy) is 2. The number of carbonyl (C=O) groups is 2. The number of piperidine rings is 1. The number of hydrogen-bond donors (Lipinski definition) is 1. The lowest BCUT2D eigenvalue weighted by Gasteiger charge is -2.39. The Labute approximate surface area is 235 Å². The first-order chi connectivity index (χ1) is 19.3. The molecule has 5 rings (SSSR count). The van der Waals surface area contributed by atoms with Crippen LogP contribution >= 0.6 is 0 Å². The number of hydrogen-bond acceptors (Lipinski definition) is 6. The number of amides is 1. The van der Waals surface area contributed by atoms with Crippen LogP contribution in [0.1, 0.15) is 54.7 Å². The minimum absolute atomic E-state index is 0.0229. The number of rotatable bonds is 9. The van der Waals surface area contributed by atoms with Crippen LogP contribution in [0.4, 0.5) is 5.69 Å². The Hall–Kier alpha value is -3.91. The van der Waals surface area contributed by atoms with Gasteiger partial charge in [-0.3, -0.25) is 9.69 Å².